The van der Waals surface area contributed by atoms with E-state index in [0.29, 0.717) is 15.4 Å². The highest BCUT2D eigenvalue weighted by molar-refractivity contribution is 7.93. The predicted octanol–water partition coefficient (Wildman–Crippen LogP) is 1.24. The third kappa shape index (κ3) is 2.09. The van der Waals surface area contributed by atoms with Gasteiger partial charge in [-0.2, -0.15) is 8.42 Å². The summed E-state index contributed by atoms with van der Waals surface area (Å²) >= 11 is 0. The average Bonchev–Trinajstić information content (AvgIpc) is 3.06. The number of aromatic nitrogens is 3. The summed E-state index contributed by atoms with van der Waals surface area (Å²) in [6, 6.07) is 6.56. The van der Waals surface area contributed by atoms with Crippen molar-refractivity contribution < 1.29 is 13.2 Å². The van der Waals surface area contributed by atoms with Crippen LogP contribution in [0.1, 0.15) is 6.92 Å². The first-order chi connectivity index (χ1) is 10.0. The van der Waals surface area contributed by atoms with Crippen molar-refractivity contribution in [1.82, 2.24) is 14.6 Å². The lowest BCUT2D eigenvalue weighted by Crippen LogP contribution is -2.43. The average molecular weight is 304 g/mol. The summed E-state index contributed by atoms with van der Waals surface area (Å²) in [6.45, 7) is 1.20. The third-order valence-electron chi connectivity index (χ3n) is 2.99. The smallest absolute Gasteiger partial charge is 0.286 e. The molecule has 1 N–H and O–H groups in total. The molecule has 0 saturated carbocycles. The molecule has 0 aliphatic rings. The normalized spacial score (nSPS) is 11.7. The molecule has 3 aromatic heterocycles. The van der Waals surface area contributed by atoms with Crippen LogP contribution in [0.3, 0.4) is 0 Å². The molecule has 8 heteroatoms. The van der Waals surface area contributed by atoms with Crippen LogP contribution in [0.15, 0.2) is 53.9 Å². The Hall–Kier alpha value is -2.61. The number of hydrogen-bond donors (Lipinski definition) is 1. The minimum Gasteiger partial charge on any atom is -0.345 e. The zero-order valence-corrected chi connectivity index (χ0v) is 11.9. The Balaban J connectivity index is 2.21. The molecule has 0 radical (unpaired) electrons. The SMILES string of the molecule is CC(=O)N(n1cccc1)S(=O)(=O)c1c[nH]c2ncccc12. The number of nitrogens with one attached hydrogen (secondary N) is 1. The van der Waals surface area contributed by atoms with Gasteiger partial charge in [0.25, 0.3) is 15.9 Å². The van der Waals surface area contributed by atoms with E-state index >= 15 is 0 Å². The summed E-state index contributed by atoms with van der Waals surface area (Å²) in [5.74, 6) is -0.607. The van der Waals surface area contributed by atoms with Crippen molar-refractivity contribution in [3.8, 4) is 0 Å². The third-order valence-corrected chi connectivity index (χ3v) is 4.78. The van der Waals surface area contributed by atoms with E-state index in [9.17, 15) is 13.2 Å². The van der Waals surface area contributed by atoms with E-state index < -0.39 is 15.9 Å². The first-order valence-electron chi connectivity index (χ1n) is 6.13. The molecule has 0 aliphatic carbocycles. The predicted molar refractivity (Wildman–Crippen MR) is 76.6 cm³/mol. The maximum atomic E-state index is 12.8. The summed E-state index contributed by atoms with van der Waals surface area (Å²) in [5, 5.41) is 0.441. The first kappa shape index (κ1) is 13.4. The summed E-state index contributed by atoms with van der Waals surface area (Å²) in [7, 11) is -4.03. The van der Waals surface area contributed by atoms with E-state index in [0.717, 1.165) is 0 Å². The van der Waals surface area contributed by atoms with Crippen LogP contribution >= 0.6 is 0 Å². The zero-order valence-electron chi connectivity index (χ0n) is 11.1. The summed E-state index contributed by atoms with van der Waals surface area (Å²) in [5.41, 5.74) is 0.451. The number of hydrogen-bond acceptors (Lipinski definition) is 4. The van der Waals surface area contributed by atoms with Crippen LogP contribution in [-0.2, 0) is 14.8 Å². The number of sulfonamides is 1. The number of pyridine rings is 1. The maximum Gasteiger partial charge on any atom is 0.286 e. The number of H-pyrrole nitrogens is 1. The molecule has 0 saturated heterocycles. The molecule has 0 spiro atoms. The van der Waals surface area contributed by atoms with Gasteiger partial charge >= 0.3 is 0 Å². The monoisotopic (exact) mass is 304 g/mol. The lowest BCUT2D eigenvalue weighted by atomic mass is 10.3. The largest absolute Gasteiger partial charge is 0.345 e. The molecular formula is C13H12N4O3S. The van der Waals surface area contributed by atoms with Crippen LogP contribution in [0.25, 0.3) is 11.0 Å². The molecule has 3 aromatic rings. The molecule has 108 valence electrons. The van der Waals surface area contributed by atoms with Gasteiger partial charge in [0, 0.05) is 37.1 Å². The van der Waals surface area contributed by atoms with E-state index in [1.807, 2.05) is 0 Å². The minimum absolute atomic E-state index is 0.00880. The van der Waals surface area contributed by atoms with Crippen LogP contribution in [0.2, 0.25) is 0 Å². The molecule has 1 amide bonds. The molecule has 0 aliphatic heterocycles. The first-order valence-corrected chi connectivity index (χ1v) is 7.57. The standard InChI is InChI=1S/C13H12N4O3S/c1-10(18)17(16-7-2-3-8-16)21(19,20)12-9-15-13-11(12)5-4-6-14-13/h2-9H,1H3,(H,14,15). The van der Waals surface area contributed by atoms with Gasteiger partial charge in [0.15, 0.2) is 0 Å². The number of fused-ring (bicyclic) bond motifs is 1. The molecule has 0 atom stereocenters. The highest BCUT2D eigenvalue weighted by atomic mass is 32.2. The Morgan fingerprint density at radius 1 is 1.29 bits per heavy atom. The second-order valence-electron chi connectivity index (χ2n) is 4.38. The van der Waals surface area contributed by atoms with E-state index in [1.165, 1.54) is 30.2 Å². The van der Waals surface area contributed by atoms with E-state index in [4.69, 9.17) is 0 Å². The van der Waals surface area contributed by atoms with Crippen molar-refractivity contribution >= 4 is 27.0 Å². The fraction of sp³-hybridized carbons (Fsp3) is 0.0769. The maximum absolute atomic E-state index is 12.8. The van der Waals surface area contributed by atoms with Crippen LogP contribution in [-0.4, -0.2) is 29.0 Å². The number of carbonyl (C=O) groups excluding carboxylic acids is 1. The fourth-order valence-corrected chi connectivity index (χ4v) is 3.67. The lowest BCUT2D eigenvalue weighted by molar-refractivity contribution is -0.116. The van der Waals surface area contributed by atoms with Crippen LogP contribution in [0.4, 0.5) is 0 Å². The molecule has 0 aromatic carbocycles. The summed E-state index contributed by atoms with van der Waals surface area (Å²) in [6.07, 6.45) is 5.88. The Bertz CT molecular complexity index is 897. The molecule has 0 fully saturated rings. The van der Waals surface area contributed by atoms with E-state index in [2.05, 4.69) is 9.97 Å². The van der Waals surface area contributed by atoms with Crippen LogP contribution < -0.4 is 4.41 Å². The molecule has 3 heterocycles. The van der Waals surface area contributed by atoms with Crippen molar-refractivity contribution in [3.05, 3.63) is 49.1 Å². The second-order valence-corrected chi connectivity index (χ2v) is 6.12. The highest BCUT2D eigenvalue weighted by Gasteiger charge is 2.30. The van der Waals surface area contributed by atoms with Gasteiger partial charge in [-0.05, 0) is 24.3 Å². The van der Waals surface area contributed by atoms with Gasteiger partial charge < -0.3 is 4.98 Å². The number of rotatable bonds is 3. The number of amides is 1. The topological polar surface area (TPSA) is 88.1 Å². The number of nitrogens with zero attached hydrogens (tertiary/aromatic N) is 3. The minimum atomic E-state index is -4.03. The van der Waals surface area contributed by atoms with Gasteiger partial charge in [-0.25, -0.2) is 4.98 Å². The van der Waals surface area contributed by atoms with Crippen molar-refractivity contribution in [1.29, 1.82) is 0 Å². The zero-order chi connectivity index (χ0) is 15.0. The highest BCUT2D eigenvalue weighted by Crippen LogP contribution is 2.23. The fourth-order valence-electron chi connectivity index (χ4n) is 2.14. The Morgan fingerprint density at radius 2 is 2.00 bits per heavy atom. The van der Waals surface area contributed by atoms with Crippen LogP contribution in [0.5, 0.6) is 0 Å². The molecule has 0 unspecified atom stereocenters. The van der Waals surface area contributed by atoms with Crippen LogP contribution in [0, 0.1) is 0 Å². The lowest BCUT2D eigenvalue weighted by Gasteiger charge is -2.21. The van der Waals surface area contributed by atoms with Crippen molar-refractivity contribution in [2.24, 2.45) is 0 Å². The van der Waals surface area contributed by atoms with Gasteiger partial charge in [0.1, 0.15) is 10.5 Å². The Kier molecular flexibility index (Phi) is 3.02. The molecule has 0 bridgehead atoms. The number of carbonyl (C=O) groups is 1. The second kappa shape index (κ2) is 4.74. The van der Waals surface area contributed by atoms with Gasteiger partial charge in [0.2, 0.25) is 0 Å². The summed E-state index contributed by atoms with van der Waals surface area (Å²) < 4.78 is 27.5. The van der Waals surface area contributed by atoms with Gasteiger partial charge in [-0.15, -0.1) is 4.41 Å². The quantitative estimate of drug-likeness (QED) is 0.788. The molecular weight excluding hydrogens is 292 g/mol. The summed E-state index contributed by atoms with van der Waals surface area (Å²) in [4.78, 5) is 18.7. The van der Waals surface area contributed by atoms with Gasteiger partial charge in [0.05, 0.1) is 0 Å². The van der Waals surface area contributed by atoms with Gasteiger partial charge in [-0.3, -0.25) is 9.47 Å². The Labute approximate surface area is 120 Å². The van der Waals surface area contributed by atoms with Crippen molar-refractivity contribution in [2.75, 3.05) is 4.41 Å². The van der Waals surface area contributed by atoms with E-state index in [-0.39, 0.29) is 4.90 Å². The molecule has 21 heavy (non-hydrogen) atoms. The van der Waals surface area contributed by atoms with Crippen molar-refractivity contribution in [3.63, 3.8) is 0 Å². The van der Waals surface area contributed by atoms with Gasteiger partial charge in [-0.1, -0.05) is 0 Å². The molecule has 3 rings (SSSR count). The van der Waals surface area contributed by atoms with Crippen molar-refractivity contribution in [2.45, 2.75) is 11.8 Å². The molecule has 7 nitrogen and oxygen atoms in total. The van der Waals surface area contributed by atoms with E-state index in [1.54, 1.807) is 30.5 Å². The number of aromatic amines is 1. The Morgan fingerprint density at radius 3 is 2.67 bits per heavy atom.